The number of nitrogen functional groups attached to an aromatic ring is 1. The summed E-state index contributed by atoms with van der Waals surface area (Å²) >= 11 is 0. The quantitative estimate of drug-likeness (QED) is 0.496. The fourth-order valence-electron chi connectivity index (χ4n) is 4.02. The number of aliphatic hydroxyl groups is 3. The Morgan fingerprint density at radius 1 is 1.17 bits per heavy atom. The number of halogens is 2. The molecule has 1 aliphatic heterocycles. The fourth-order valence-corrected chi connectivity index (χ4v) is 4.02. The Labute approximate surface area is 171 Å². The van der Waals surface area contributed by atoms with E-state index in [0.717, 1.165) is 24.6 Å². The van der Waals surface area contributed by atoms with Crippen molar-refractivity contribution in [1.82, 2.24) is 14.5 Å². The molecule has 0 spiro atoms. The zero-order valence-electron chi connectivity index (χ0n) is 15.1. The Bertz CT molecular complexity index is 1080. The van der Waals surface area contributed by atoms with Gasteiger partial charge in [0.15, 0.2) is 17.7 Å². The van der Waals surface area contributed by atoms with Crippen LogP contribution in [-0.4, -0.2) is 48.2 Å². The summed E-state index contributed by atoms with van der Waals surface area (Å²) in [7, 11) is 0. The van der Waals surface area contributed by atoms with Gasteiger partial charge in [-0.25, -0.2) is 14.4 Å². The van der Waals surface area contributed by atoms with Gasteiger partial charge in [0.05, 0.1) is 5.39 Å². The van der Waals surface area contributed by atoms with Gasteiger partial charge in [-0.15, -0.1) is 12.4 Å². The topological polar surface area (TPSA) is 127 Å². The fraction of sp³-hybridized carbons (Fsp3) is 0.368. The summed E-state index contributed by atoms with van der Waals surface area (Å²) in [6.07, 6.45) is -1.89. The number of aromatic nitrogens is 3. The van der Waals surface area contributed by atoms with Crippen molar-refractivity contribution in [1.29, 1.82) is 0 Å². The second-order valence-corrected chi connectivity index (χ2v) is 7.29. The Morgan fingerprint density at radius 3 is 2.62 bits per heavy atom. The minimum atomic E-state index is -1.39. The molecule has 5 atom stereocenters. The predicted octanol–water partition coefficient (Wildman–Crippen LogP) is 1.03. The number of benzene rings is 1. The van der Waals surface area contributed by atoms with Crippen LogP contribution in [0.4, 0.5) is 10.2 Å². The van der Waals surface area contributed by atoms with Gasteiger partial charge in [0.2, 0.25) is 0 Å². The van der Waals surface area contributed by atoms with Crippen LogP contribution in [0.15, 0.2) is 30.7 Å². The highest BCUT2D eigenvalue weighted by Gasteiger charge is 2.48. The summed E-state index contributed by atoms with van der Waals surface area (Å²) in [6, 6.07) is 5.62. The molecule has 0 saturated carbocycles. The van der Waals surface area contributed by atoms with E-state index in [9.17, 15) is 19.7 Å². The van der Waals surface area contributed by atoms with Crippen LogP contribution in [-0.2, 0) is 17.6 Å². The lowest BCUT2D eigenvalue weighted by atomic mass is 9.85. The molecule has 0 radical (unpaired) electrons. The van der Waals surface area contributed by atoms with Crippen molar-refractivity contribution in [3.8, 4) is 0 Å². The molecule has 1 aromatic carbocycles. The molecule has 8 nitrogen and oxygen atoms in total. The average molecular weight is 423 g/mol. The van der Waals surface area contributed by atoms with Gasteiger partial charge in [0.1, 0.15) is 36.6 Å². The van der Waals surface area contributed by atoms with Crippen molar-refractivity contribution in [3.05, 3.63) is 53.2 Å². The Hall–Kier alpha value is -2.30. The number of ether oxygens (including phenoxy) is 1. The summed E-state index contributed by atoms with van der Waals surface area (Å²) < 4.78 is 21.4. The third-order valence-electron chi connectivity index (χ3n) is 5.69. The van der Waals surface area contributed by atoms with Gasteiger partial charge in [0, 0.05) is 6.20 Å². The van der Waals surface area contributed by atoms with Crippen molar-refractivity contribution in [2.24, 2.45) is 0 Å². The highest BCUT2D eigenvalue weighted by Crippen LogP contribution is 2.39. The van der Waals surface area contributed by atoms with Gasteiger partial charge in [-0.05, 0) is 29.5 Å². The van der Waals surface area contributed by atoms with Gasteiger partial charge in [-0.2, -0.15) is 0 Å². The molecular formula is C19H20ClFN4O4. The number of hydrogen-bond donors (Lipinski definition) is 4. The molecule has 3 heterocycles. The molecule has 3 aromatic rings. The van der Waals surface area contributed by atoms with Crippen molar-refractivity contribution in [2.75, 3.05) is 5.73 Å². The molecule has 5 N–H and O–H groups in total. The summed E-state index contributed by atoms with van der Waals surface area (Å²) in [5, 5.41) is 31.8. The van der Waals surface area contributed by atoms with Crippen LogP contribution < -0.4 is 5.73 Å². The van der Waals surface area contributed by atoms with Gasteiger partial charge in [-0.1, -0.05) is 18.2 Å². The lowest BCUT2D eigenvalue weighted by Crippen LogP contribution is -2.35. The smallest absolute Gasteiger partial charge is 0.164 e. The lowest BCUT2D eigenvalue weighted by Gasteiger charge is -2.25. The number of aliphatic hydroxyl groups excluding tert-OH is 3. The van der Waals surface area contributed by atoms with Crippen LogP contribution in [0.25, 0.3) is 11.0 Å². The third kappa shape index (κ3) is 2.97. The maximum absolute atomic E-state index is 14.3. The first-order valence-electron chi connectivity index (χ1n) is 9.03. The summed E-state index contributed by atoms with van der Waals surface area (Å²) in [5.74, 6) is -0.697. The van der Waals surface area contributed by atoms with Crippen LogP contribution >= 0.6 is 12.4 Å². The van der Waals surface area contributed by atoms with E-state index in [-0.39, 0.29) is 29.3 Å². The van der Waals surface area contributed by atoms with E-state index in [1.165, 1.54) is 16.5 Å². The number of nitrogens with zero attached hydrogens (tertiary/aromatic N) is 3. The molecule has 29 heavy (non-hydrogen) atoms. The van der Waals surface area contributed by atoms with Crippen LogP contribution in [0.5, 0.6) is 0 Å². The predicted molar refractivity (Wildman–Crippen MR) is 104 cm³/mol. The summed E-state index contributed by atoms with van der Waals surface area (Å²) in [6.45, 7) is 0. The number of hydrogen-bond acceptors (Lipinski definition) is 7. The molecule has 0 bridgehead atoms. The minimum absolute atomic E-state index is 0. The molecule has 1 aliphatic carbocycles. The third-order valence-corrected chi connectivity index (χ3v) is 5.69. The number of anilines is 1. The first kappa shape index (κ1) is 20.0. The van der Waals surface area contributed by atoms with Gasteiger partial charge >= 0.3 is 0 Å². The average Bonchev–Trinajstić information content (AvgIpc) is 3.14. The molecule has 154 valence electrons. The van der Waals surface area contributed by atoms with E-state index in [1.54, 1.807) is 6.07 Å². The maximum atomic E-state index is 14.3. The normalized spacial score (nSPS) is 26.6. The highest BCUT2D eigenvalue weighted by molar-refractivity contribution is 5.86. The van der Waals surface area contributed by atoms with E-state index < -0.39 is 36.5 Å². The van der Waals surface area contributed by atoms with Crippen molar-refractivity contribution in [2.45, 2.75) is 43.5 Å². The lowest BCUT2D eigenvalue weighted by molar-refractivity contribution is -0.0849. The first-order valence-corrected chi connectivity index (χ1v) is 9.03. The molecule has 1 unspecified atom stereocenters. The van der Waals surface area contributed by atoms with E-state index in [0.29, 0.717) is 5.56 Å². The van der Waals surface area contributed by atoms with E-state index >= 15 is 0 Å². The Morgan fingerprint density at radius 2 is 1.93 bits per heavy atom. The molecule has 1 fully saturated rings. The number of rotatable bonds is 3. The van der Waals surface area contributed by atoms with Crippen molar-refractivity contribution >= 4 is 29.3 Å². The largest absolute Gasteiger partial charge is 0.387 e. The number of aryl methyl sites for hydroxylation is 2. The van der Waals surface area contributed by atoms with Crippen LogP contribution in [0.2, 0.25) is 0 Å². The van der Waals surface area contributed by atoms with E-state index in [2.05, 4.69) is 9.97 Å². The minimum Gasteiger partial charge on any atom is -0.387 e. The molecule has 2 aromatic heterocycles. The monoisotopic (exact) mass is 422 g/mol. The van der Waals surface area contributed by atoms with Gasteiger partial charge < -0.3 is 30.4 Å². The molecule has 5 rings (SSSR count). The van der Waals surface area contributed by atoms with Gasteiger partial charge in [0.25, 0.3) is 0 Å². The van der Waals surface area contributed by atoms with Crippen LogP contribution in [0.1, 0.15) is 29.0 Å². The molecule has 0 amide bonds. The number of fused-ring (bicyclic) bond motifs is 2. The maximum Gasteiger partial charge on any atom is 0.164 e. The van der Waals surface area contributed by atoms with E-state index in [4.69, 9.17) is 10.5 Å². The standard InChI is InChI=1S/C19H19FN4O4.ClH/c20-11-6-24(18-12(11)17(21)22-7-23-18)19-15(27)14(26)16(28-19)13(25)10-4-2-8-1-3-9(8)5-10;/h2,4-7,13-16,19,25-27H,1,3H2,(H2,21,22,23);1H/t13?,14-,15+,16+,19+;/m0./s1. The summed E-state index contributed by atoms with van der Waals surface area (Å²) in [4.78, 5) is 7.79. The zero-order valence-corrected chi connectivity index (χ0v) is 16.0. The first-order chi connectivity index (χ1) is 13.5. The van der Waals surface area contributed by atoms with Crippen molar-refractivity contribution in [3.63, 3.8) is 0 Å². The Kier molecular flexibility index (Phi) is 4.96. The van der Waals surface area contributed by atoms with Gasteiger partial charge in [-0.3, -0.25) is 0 Å². The molecule has 10 heteroatoms. The highest BCUT2D eigenvalue weighted by atomic mass is 35.5. The molecule has 2 aliphatic rings. The van der Waals surface area contributed by atoms with Crippen LogP contribution in [0.3, 0.4) is 0 Å². The zero-order chi connectivity index (χ0) is 19.6. The molecule has 1 saturated heterocycles. The summed E-state index contributed by atoms with van der Waals surface area (Å²) in [5.41, 5.74) is 8.86. The SMILES string of the molecule is Cl.Nc1ncnc2c1c(F)cn2[C@@H]1O[C@H](C(O)c2ccc3c(c2)CC3)[C@@H](O)[C@H]1O. The number of nitrogens with two attached hydrogens (primary N) is 1. The van der Waals surface area contributed by atoms with Crippen LogP contribution in [0, 0.1) is 5.82 Å². The Balaban J connectivity index is 0.00000205. The second-order valence-electron chi connectivity index (χ2n) is 7.29. The molecular weight excluding hydrogens is 403 g/mol. The van der Waals surface area contributed by atoms with E-state index in [1.807, 2.05) is 12.1 Å². The second kappa shape index (κ2) is 7.19. The van der Waals surface area contributed by atoms with Crippen molar-refractivity contribution < 1.29 is 24.4 Å².